The van der Waals surface area contributed by atoms with E-state index in [-0.39, 0.29) is 0 Å². The smallest absolute Gasteiger partial charge is 0.164 e. The molecule has 0 aromatic carbocycles. The monoisotopic (exact) mass is 133 g/mol. The van der Waals surface area contributed by atoms with Gasteiger partial charge in [-0.2, -0.15) is 5.84 Å². The second kappa shape index (κ2) is 2.22. The number of hydroxylamine groups is 2. The molecule has 4 nitrogen and oxygen atoms in total. The van der Waals surface area contributed by atoms with Crippen molar-refractivity contribution in [2.45, 2.75) is 19.5 Å². The Labute approximate surface area is 55.8 Å². The molecule has 0 aliphatic heterocycles. The lowest BCUT2D eigenvalue weighted by Crippen LogP contribution is -2.65. The van der Waals surface area contributed by atoms with Crippen molar-refractivity contribution in [3.05, 3.63) is 5.21 Å². The SMILES string of the molecule is CNC(C)(C)[N+](C)(N)[O-]. The molecular formula is C5H15N3O. The number of nitrogens with one attached hydrogen (secondary N) is 1. The fourth-order valence-electron chi connectivity index (χ4n) is 0.222. The van der Waals surface area contributed by atoms with Gasteiger partial charge in [-0.3, -0.25) is 10.1 Å². The van der Waals surface area contributed by atoms with Gasteiger partial charge >= 0.3 is 0 Å². The van der Waals surface area contributed by atoms with Crippen molar-refractivity contribution in [2.24, 2.45) is 5.84 Å². The van der Waals surface area contributed by atoms with Crippen molar-refractivity contribution in [2.75, 3.05) is 14.1 Å². The van der Waals surface area contributed by atoms with E-state index >= 15 is 0 Å². The number of nitrogens with zero attached hydrogens (tertiary/aromatic N) is 1. The fraction of sp³-hybridized carbons (Fsp3) is 1.00. The first-order valence-corrected chi connectivity index (χ1v) is 2.86. The number of nitrogens with two attached hydrogens (primary N) is 1. The van der Waals surface area contributed by atoms with E-state index in [1.54, 1.807) is 20.9 Å². The van der Waals surface area contributed by atoms with E-state index in [9.17, 15) is 5.21 Å². The molecule has 0 rings (SSSR count). The molecule has 0 radical (unpaired) electrons. The van der Waals surface area contributed by atoms with Gasteiger partial charge in [0, 0.05) is 13.8 Å². The maximum absolute atomic E-state index is 11.0. The van der Waals surface area contributed by atoms with Gasteiger partial charge in [-0.25, -0.2) is 0 Å². The van der Waals surface area contributed by atoms with Crippen LogP contribution >= 0.6 is 0 Å². The van der Waals surface area contributed by atoms with Gasteiger partial charge in [0.1, 0.15) is 0 Å². The van der Waals surface area contributed by atoms with Crippen LogP contribution < -0.4 is 11.2 Å². The van der Waals surface area contributed by atoms with E-state index in [4.69, 9.17) is 5.84 Å². The Hall–Kier alpha value is -0.160. The third kappa shape index (κ3) is 1.91. The topological polar surface area (TPSA) is 61.1 Å². The zero-order valence-corrected chi connectivity index (χ0v) is 6.43. The minimum absolute atomic E-state index is 0.611. The molecule has 1 unspecified atom stereocenters. The second-order valence-electron chi connectivity index (χ2n) is 2.80. The molecule has 0 amide bonds. The Kier molecular flexibility index (Phi) is 2.19. The molecule has 3 N–H and O–H groups in total. The molecule has 4 heteroatoms. The van der Waals surface area contributed by atoms with Crippen molar-refractivity contribution in [3.8, 4) is 0 Å². The minimum Gasteiger partial charge on any atom is -0.611 e. The van der Waals surface area contributed by atoms with Crippen molar-refractivity contribution in [1.29, 1.82) is 0 Å². The molecule has 0 spiro atoms. The molecule has 56 valence electrons. The fourth-order valence-corrected chi connectivity index (χ4v) is 0.222. The minimum atomic E-state index is -0.816. The Morgan fingerprint density at radius 1 is 1.56 bits per heavy atom. The normalized spacial score (nSPS) is 19.3. The molecule has 0 aromatic heterocycles. The summed E-state index contributed by atoms with van der Waals surface area (Å²) in [5.41, 5.74) is -0.611. The summed E-state index contributed by atoms with van der Waals surface area (Å²) < 4.78 is -0.816. The van der Waals surface area contributed by atoms with Crippen LogP contribution in [0.2, 0.25) is 0 Å². The maximum atomic E-state index is 11.0. The summed E-state index contributed by atoms with van der Waals surface area (Å²) in [5, 5.41) is 13.8. The zero-order valence-electron chi connectivity index (χ0n) is 6.43. The third-order valence-corrected chi connectivity index (χ3v) is 1.72. The second-order valence-corrected chi connectivity index (χ2v) is 2.80. The van der Waals surface area contributed by atoms with E-state index < -0.39 is 10.4 Å². The van der Waals surface area contributed by atoms with Gasteiger partial charge in [0.05, 0.1) is 7.05 Å². The zero-order chi connectivity index (χ0) is 7.71. The highest BCUT2D eigenvalue weighted by molar-refractivity contribution is 4.61. The first-order chi connectivity index (χ1) is 3.81. The molecule has 0 saturated heterocycles. The Morgan fingerprint density at radius 2 is 1.89 bits per heavy atom. The van der Waals surface area contributed by atoms with Gasteiger partial charge in [-0.05, 0) is 7.05 Å². The Morgan fingerprint density at radius 3 is 1.89 bits per heavy atom. The maximum Gasteiger partial charge on any atom is 0.164 e. The summed E-state index contributed by atoms with van der Waals surface area (Å²) in [6, 6.07) is 0. The number of rotatable bonds is 2. The van der Waals surface area contributed by atoms with E-state index in [0.717, 1.165) is 0 Å². The number of hydrogen-bond acceptors (Lipinski definition) is 3. The summed E-state index contributed by atoms with van der Waals surface area (Å²) in [6.07, 6.45) is 0. The lowest BCUT2D eigenvalue weighted by Gasteiger charge is -2.45. The Bertz CT molecular complexity index is 94.9. The summed E-state index contributed by atoms with van der Waals surface area (Å²) in [4.78, 5) is 0. The van der Waals surface area contributed by atoms with Crippen LogP contribution in [0.25, 0.3) is 0 Å². The largest absolute Gasteiger partial charge is 0.611 e. The third-order valence-electron chi connectivity index (χ3n) is 1.72. The highest BCUT2D eigenvalue weighted by Gasteiger charge is 2.28. The van der Waals surface area contributed by atoms with Crippen molar-refractivity contribution < 1.29 is 4.76 Å². The molecule has 0 heterocycles. The standard InChI is InChI=1S/C5H15N3O/c1-5(2,7-3)8(4,6)9/h7H,6H2,1-4H3. The molecule has 0 fully saturated rings. The molecule has 0 aliphatic carbocycles. The van der Waals surface area contributed by atoms with Gasteiger partial charge in [0.15, 0.2) is 5.66 Å². The van der Waals surface area contributed by atoms with Gasteiger partial charge < -0.3 is 5.21 Å². The molecule has 1 atom stereocenters. The van der Waals surface area contributed by atoms with E-state index in [1.807, 2.05) is 0 Å². The predicted molar refractivity (Wildman–Crippen MR) is 36.9 cm³/mol. The highest BCUT2D eigenvalue weighted by Crippen LogP contribution is 2.09. The van der Waals surface area contributed by atoms with Crippen LogP contribution in [0.15, 0.2) is 0 Å². The van der Waals surface area contributed by atoms with Crippen LogP contribution in [0.1, 0.15) is 13.8 Å². The quantitative estimate of drug-likeness (QED) is 0.236. The lowest BCUT2D eigenvalue weighted by atomic mass is 10.2. The van der Waals surface area contributed by atoms with Crippen LogP contribution in [-0.2, 0) is 0 Å². The summed E-state index contributed by atoms with van der Waals surface area (Å²) >= 11 is 0. The predicted octanol–water partition coefficient (Wildman–Crippen LogP) is -0.240. The average Bonchev–Trinajstić information content (AvgIpc) is 1.64. The summed E-state index contributed by atoms with van der Waals surface area (Å²) in [7, 11) is 3.11. The van der Waals surface area contributed by atoms with Gasteiger partial charge in [0.25, 0.3) is 0 Å². The van der Waals surface area contributed by atoms with Crippen LogP contribution in [0.3, 0.4) is 0 Å². The van der Waals surface area contributed by atoms with Crippen LogP contribution in [-0.4, -0.2) is 24.5 Å². The molecule has 0 aliphatic rings. The van der Waals surface area contributed by atoms with E-state index in [1.165, 1.54) is 7.05 Å². The first-order valence-electron chi connectivity index (χ1n) is 2.86. The lowest BCUT2D eigenvalue weighted by molar-refractivity contribution is -0.925. The molecule has 9 heavy (non-hydrogen) atoms. The van der Waals surface area contributed by atoms with E-state index in [2.05, 4.69) is 5.32 Å². The van der Waals surface area contributed by atoms with Gasteiger partial charge in [0.2, 0.25) is 0 Å². The molecule has 0 bridgehead atoms. The number of hydrogen-bond donors (Lipinski definition) is 2. The average molecular weight is 133 g/mol. The molecule has 0 aromatic rings. The summed E-state index contributed by atoms with van der Waals surface area (Å²) in [5.74, 6) is 5.24. The van der Waals surface area contributed by atoms with E-state index in [0.29, 0.717) is 0 Å². The highest BCUT2D eigenvalue weighted by atomic mass is 16.6. The van der Waals surface area contributed by atoms with Crippen LogP contribution in [0.5, 0.6) is 0 Å². The first kappa shape index (κ1) is 8.84. The van der Waals surface area contributed by atoms with Crippen LogP contribution in [0, 0.1) is 5.21 Å². The van der Waals surface area contributed by atoms with Gasteiger partial charge in [-0.1, -0.05) is 0 Å². The summed E-state index contributed by atoms with van der Waals surface area (Å²) in [6.45, 7) is 3.50. The molecule has 0 saturated carbocycles. The van der Waals surface area contributed by atoms with Crippen molar-refractivity contribution in [3.63, 3.8) is 0 Å². The number of quaternary nitrogens is 1. The van der Waals surface area contributed by atoms with Crippen molar-refractivity contribution in [1.82, 2.24) is 5.32 Å². The van der Waals surface area contributed by atoms with Crippen LogP contribution in [0.4, 0.5) is 0 Å². The Balaban J connectivity index is 4.14. The molecular weight excluding hydrogens is 118 g/mol. The van der Waals surface area contributed by atoms with Gasteiger partial charge in [-0.15, -0.1) is 0 Å². The van der Waals surface area contributed by atoms with Crippen molar-refractivity contribution >= 4 is 0 Å².